The maximum atomic E-state index is 13.2. The van der Waals surface area contributed by atoms with Gasteiger partial charge in [0.25, 0.3) is 0 Å². The molecular formula is C31H46O4. The Labute approximate surface area is 211 Å². The van der Waals surface area contributed by atoms with Crippen LogP contribution < -0.4 is 0 Å². The van der Waals surface area contributed by atoms with E-state index in [0.29, 0.717) is 29.2 Å². The largest absolute Gasteiger partial charge is 0.481 e. The number of rotatable bonds is 3. The summed E-state index contributed by atoms with van der Waals surface area (Å²) in [7, 11) is 0. The van der Waals surface area contributed by atoms with Crippen molar-refractivity contribution in [2.75, 3.05) is 0 Å². The summed E-state index contributed by atoms with van der Waals surface area (Å²) in [6.45, 7) is 16.0. The van der Waals surface area contributed by atoms with E-state index in [1.165, 1.54) is 0 Å². The molecule has 0 spiro atoms. The average Bonchev–Trinajstić information content (AvgIpc) is 3.18. The molecule has 0 bridgehead atoms. The highest BCUT2D eigenvalue weighted by atomic mass is 16.4. The van der Waals surface area contributed by atoms with Gasteiger partial charge in [0, 0.05) is 5.41 Å². The van der Waals surface area contributed by atoms with Crippen LogP contribution in [0.4, 0.5) is 0 Å². The molecule has 5 aliphatic carbocycles. The molecule has 0 aromatic heterocycles. The van der Waals surface area contributed by atoms with Crippen LogP contribution in [-0.4, -0.2) is 23.1 Å². The van der Waals surface area contributed by atoms with Crippen LogP contribution in [0.15, 0.2) is 11.6 Å². The third kappa shape index (κ3) is 2.89. The van der Waals surface area contributed by atoms with E-state index in [-0.39, 0.29) is 33.9 Å². The summed E-state index contributed by atoms with van der Waals surface area (Å²) in [5.41, 5.74) is -0.758. The second-order valence-corrected chi connectivity index (χ2v) is 14.7. The quantitative estimate of drug-likeness (QED) is 0.358. The van der Waals surface area contributed by atoms with Crippen molar-refractivity contribution < 1.29 is 19.5 Å². The molecule has 0 saturated heterocycles. The zero-order valence-corrected chi connectivity index (χ0v) is 22.9. The van der Waals surface area contributed by atoms with Gasteiger partial charge >= 0.3 is 5.97 Å². The summed E-state index contributed by atoms with van der Waals surface area (Å²) in [4.78, 5) is 38.0. The average molecular weight is 483 g/mol. The highest BCUT2D eigenvalue weighted by molar-refractivity contribution is 6.15. The molecule has 3 unspecified atom stereocenters. The number of carbonyl (C=O) groups excluding carboxylic acids is 2. The van der Waals surface area contributed by atoms with E-state index >= 15 is 0 Å². The minimum Gasteiger partial charge on any atom is -0.481 e. The predicted octanol–water partition coefficient (Wildman–Crippen LogP) is 6.72. The zero-order chi connectivity index (χ0) is 25.8. The number of fused-ring (bicyclic) bond motifs is 7. The molecule has 5 aliphatic rings. The Morgan fingerprint density at radius 3 is 2.23 bits per heavy atom. The van der Waals surface area contributed by atoms with Gasteiger partial charge in [-0.15, -0.1) is 0 Å². The van der Waals surface area contributed by atoms with Crippen LogP contribution in [0.5, 0.6) is 0 Å². The van der Waals surface area contributed by atoms with Crippen molar-refractivity contribution in [2.24, 2.45) is 62.6 Å². The molecule has 4 nitrogen and oxygen atoms in total. The summed E-state index contributed by atoms with van der Waals surface area (Å²) in [5, 5.41) is 10.5. The smallest absolute Gasteiger partial charge is 0.309 e. The van der Waals surface area contributed by atoms with Crippen molar-refractivity contribution >= 4 is 18.0 Å². The highest BCUT2D eigenvalue weighted by Gasteiger charge is 2.72. The minimum atomic E-state index is -0.554. The summed E-state index contributed by atoms with van der Waals surface area (Å²) >= 11 is 0. The zero-order valence-electron chi connectivity index (χ0n) is 22.9. The number of ketones is 1. The van der Waals surface area contributed by atoms with E-state index < -0.39 is 16.8 Å². The van der Waals surface area contributed by atoms with Crippen LogP contribution in [0, 0.1) is 62.6 Å². The molecule has 4 heteroatoms. The maximum absolute atomic E-state index is 13.2. The molecule has 0 aromatic rings. The lowest BCUT2D eigenvalue weighted by Crippen LogP contribution is -2.66. The molecule has 0 amide bonds. The third-order valence-corrected chi connectivity index (χ3v) is 13.3. The molecular weight excluding hydrogens is 436 g/mol. The first-order valence-corrected chi connectivity index (χ1v) is 14.2. The monoisotopic (exact) mass is 482 g/mol. The number of hydrogen-bond acceptors (Lipinski definition) is 3. The lowest BCUT2D eigenvalue weighted by Gasteiger charge is -2.71. The van der Waals surface area contributed by atoms with Crippen LogP contribution in [-0.2, 0) is 14.4 Å². The van der Waals surface area contributed by atoms with Gasteiger partial charge in [-0.2, -0.15) is 0 Å². The Kier molecular flexibility index (Phi) is 5.43. The standard InChI is InChI=1S/C31H46O4/c1-18(2)20-10-13-31(26(34)35)15-14-29(6)21(24(20)31)8-9-23-28(5)16-19(17-32)25(33)27(3,4)22(28)11-12-30(23,29)7/h16-18,20-24H,8-15H2,1-7H3,(H,34,35)/t20-,21?,22?,23+,24?,28-,29+,30+,31-/m0/s1. The molecule has 0 heterocycles. The van der Waals surface area contributed by atoms with E-state index in [2.05, 4.69) is 54.5 Å². The van der Waals surface area contributed by atoms with Gasteiger partial charge < -0.3 is 5.11 Å². The van der Waals surface area contributed by atoms with Crippen molar-refractivity contribution in [3.05, 3.63) is 11.6 Å². The minimum absolute atomic E-state index is 0.00751. The molecule has 1 N–H and O–H groups in total. The van der Waals surface area contributed by atoms with Crippen LogP contribution in [0.25, 0.3) is 0 Å². The Morgan fingerprint density at radius 2 is 1.63 bits per heavy atom. The van der Waals surface area contributed by atoms with Crippen molar-refractivity contribution in [1.29, 1.82) is 0 Å². The van der Waals surface area contributed by atoms with E-state index in [4.69, 9.17) is 0 Å². The van der Waals surface area contributed by atoms with Gasteiger partial charge in [0.05, 0.1) is 11.0 Å². The van der Waals surface area contributed by atoms with Crippen molar-refractivity contribution in [1.82, 2.24) is 0 Å². The van der Waals surface area contributed by atoms with Gasteiger partial charge in [-0.05, 0) is 103 Å². The molecule has 0 radical (unpaired) electrons. The van der Waals surface area contributed by atoms with Crippen LogP contribution in [0.3, 0.4) is 0 Å². The normalized spacial score (nSPS) is 50.5. The summed E-state index contributed by atoms with van der Waals surface area (Å²) in [5.74, 6) is 1.76. The number of carboxylic acids is 1. The molecule has 194 valence electrons. The number of carbonyl (C=O) groups is 3. The van der Waals surface area contributed by atoms with E-state index in [0.717, 1.165) is 57.7 Å². The molecule has 5 rings (SSSR count). The fraction of sp³-hybridized carbons (Fsp3) is 0.839. The van der Waals surface area contributed by atoms with Crippen LogP contribution >= 0.6 is 0 Å². The number of carboxylic acid groups (broad SMARTS) is 1. The Bertz CT molecular complexity index is 992. The third-order valence-electron chi connectivity index (χ3n) is 13.3. The van der Waals surface area contributed by atoms with Crippen LogP contribution in [0.1, 0.15) is 99.8 Å². The van der Waals surface area contributed by atoms with Gasteiger partial charge in [0.1, 0.15) is 0 Å². The van der Waals surface area contributed by atoms with E-state index in [1.54, 1.807) is 0 Å². The summed E-state index contributed by atoms with van der Waals surface area (Å²) < 4.78 is 0. The maximum Gasteiger partial charge on any atom is 0.309 e. The van der Waals surface area contributed by atoms with Gasteiger partial charge in [0.2, 0.25) is 0 Å². The van der Waals surface area contributed by atoms with Gasteiger partial charge in [0.15, 0.2) is 12.1 Å². The molecule has 4 saturated carbocycles. The van der Waals surface area contributed by atoms with Crippen LogP contribution in [0.2, 0.25) is 0 Å². The Hall–Kier alpha value is -1.45. The lowest BCUT2D eigenvalue weighted by atomic mass is 9.32. The number of allylic oxidation sites excluding steroid dienone is 2. The van der Waals surface area contributed by atoms with Crippen molar-refractivity contribution in [2.45, 2.75) is 99.8 Å². The molecule has 0 aliphatic heterocycles. The Balaban J connectivity index is 1.61. The molecule has 9 atom stereocenters. The SMILES string of the molecule is CC(C)[C@@H]1CC[C@]2(C(=O)O)CC[C@]3(C)C(CC[C@@H]4[C@@]5(C)C=C(C=O)C(=O)C(C)(C)C5CC[C@]43C)C12. The first kappa shape index (κ1) is 25.2. The fourth-order valence-corrected chi connectivity index (χ4v) is 11.4. The first-order chi connectivity index (χ1) is 16.2. The van der Waals surface area contributed by atoms with Crippen molar-refractivity contribution in [3.8, 4) is 0 Å². The van der Waals surface area contributed by atoms with E-state index in [9.17, 15) is 19.5 Å². The molecule has 35 heavy (non-hydrogen) atoms. The fourth-order valence-electron chi connectivity index (χ4n) is 11.4. The summed E-state index contributed by atoms with van der Waals surface area (Å²) in [6.07, 6.45) is 10.7. The lowest BCUT2D eigenvalue weighted by molar-refractivity contribution is -0.223. The van der Waals surface area contributed by atoms with Gasteiger partial charge in [-0.3, -0.25) is 14.4 Å². The number of Topliss-reactive ketones (excluding diaryl/α,β-unsaturated/α-hetero) is 1. The van der Waals surface area contributed by atoms with Gasteiger partial charge in [-0.25, -0.2) is 0 Å². The predicted molar refractivity (Wildman–Crippen MR) is 137 cm³/mol. The number of aliphatic carboxylic acids is 1. The highest BCUT2D eigenvalue weighted by Crippen LogP contribution is 2.77. The molecule has 4 fully saturated rings. The topological polar surface area (TPSA) is 71.4 Å². The van der Waals surface area contributed by atoms with Crippen molar-refractivity contribution in [3.63, 3.8) is 0 Å². The number of aldehydes is 1. The first-order valence-electron chi connectivity index (χ1n) is 14.2. The van der Waals surface area contributed by atoms with Gasteiger partial charge in [-0.1, -0.05) is 54.5 Å². The summed E-state index contributed by atoms with van der Waals surface area (Å²) in [6, 6.07) is 0. The van der Waals surface area contributed by atoms with E-state index in [1.807, 2.05) is 0 Å². The Morgan fingerprint density at radius 1 is 0.943 bits per heavy atom. The second-order valence-electron chi connectivity index (χ2n) is 14.7. The number of hydrogen-bond donors (Lipinski definition) is 1. The second kappa shape index (κ2) is 7.54. The molecule has 0 aromatic carbocycles.